The first-order valence-electron chi connectivity index (χ1n) is 21.6. The highest BCUT2D eigenvalue weighted by Crippen LogP contribution is 2.47. The number of aromatic nitrogens is 2. The van der Waals surface area contributed by atoms with Gasteiger partial charge in [-0.2, -0.15) is 0 Å². The van der Waals surface area contributed by atoms with E-state index in [4.69, 9.17) is 14.4 Å². The fraction of sp³-hybridized carbons (Fsp3) is 0. The van der Waals surface area contributed by atoms with Crippen LogP contribution in [0.1, 0.15) is 0 Å². The predicted octanol–water partition coefficient (Wildman–Crippen LogP) is 17.1. The fourth-order valence-electron chi connectivity index (χ4n) is 9.69. The summed E-state index contributed by atoms with van der Waals surface area (Å²) in [6.45, 7) is 0. The van der Waals surface area contributed by atoms with Crippen LogP contribution in [0.2, 0.25) is 0 Å². The second-order valence-electron chi connectivity index (χ2n) is 16.4. The van der Waals surface area contributed by atoms with E-state index in [1.165, 1.54) is 58.4 Å². The topological polar surface area (TPSA) is 38.9 Å². The fourth-order valence-corrected chi connectivity index (χ4v) is 10.9. The van der Waals surface area contributed by atoms with E-state index in [1.807, 2.05) is 41.7 Å². The molecule has 0 aliphatic rings. The van der Waals surface area contributed by atoms with Gasteiger partial charge in [-0.1, -0.05) is 182 Å². The zero-order chi connectivity index (χ0) is 42.1. The Balaban J connectivity index is 0.983. The summed E-state index contributed by atoms with van der Waals surface area (Å²) >= 11 is 1.89. The van der Waals surface area contributed by atoms with Gasteiger partial charge in [-0.25, -0.2) is 9.97 Å². The second-order valence-corrected chi connectivity index (χ2v) is 17.5. The lowest BCUT2D eigenvalue weighted by Gasteiger charge is -2.15. The third-order valence-corrected chi connectivity index (χ3v) is 13.9. The van der Waals surface area contributed by atoms with E-state index in [-0.39, 0.29) is 0 Å². The number of benzene rings is 10. The number of nitrogens with zero attached hydrogens (tertiary/aromatic N) is 2. The summed E-state index contributed by atoms with van der Waals surface area (Å²) in [6, 6.07) is 78.0. The van der Waals surface area contributed by atoms with Gasteiger partial charge >= 0.3 is 0 Å². The molecule has 0 fully saturated rings. The van der Waals surface area contributed by atoms with Gasteiger partial charge < -0.3 is 4.42 Å². The molecule has 0 saturated carbocycles. The van der Waals surface area contributed by atoms with Crippen molar-refractivity contribution in [3.05, 3.63) is 218 Å². The van der Waals surface area contributed by atoms with Gasteiger partial charge in [0.05, 0.1) is 11.4 Å². The van der Waals surface area contributed by atoms with Crippen molar-refractivity contribution < 1.29 is 4.42 Å². The minimum Gasteiger partial charge on any atom is -0.455 e. The summed E-state index contributed by atoms with van der Waals surface area (Å²) in [5.41, 5.74) is 13.4. The highest BCUT2D eigenvalue weighted by molar-refractivity contribution is 7.26. The predicted molar refractivity (Wildman–Crippen MR) is 270 cm³/mol. The maximum atomic E-state index is 6.47. The first-order valence-corrected chi connectivity index (χ1v) is 22.4. The molecule has 0 aliphatic carbocycles. The van der Waals surface area contributed by atoms with Crippen LogP contribution in [-0.2, 0) is 0 Å². The molecule has 0 atom stereocenters. The summed E-state index contributed by atoms with van der Waals surface area (Å²) in [6.07, 6.45) is 0. The molecule has 13 aromatic rings. The van der Waals surface area contributed by atoms with Crippen molar-refractivity contribution >= 4 is 75.0 Å². The number of hydrogen-bond acceptors (Lipinski definition) is 4. The maximum Gasteiger partial charge on any atom is 0.160 e. The van der Waals surface area contributed by atoms with Crippen LogP contribution < -0.4 is 0 Å². The Morgan fingerprint density at radius 1 is 0.344 bits per heavy atom. The van der Waals surface area contributed by atoms with Gasteiger partial charge in [0.1, 0.15) is 11.2 Å². The van der Waals surface area contributed by atoms with Gasteiger partial charge in [-0.15, -0.1) is 11.3 Å². The van der Waals surface area contributed by atoms with Crippen LogP contribution in [0.4, 0.5) is 0 Å². The zero-order valence-corrected chi connectivity index (χ0v) is 35.3. The van der Waals surface area contributed by atoms with Gasteiger partial charge in [0.25, 0.3) is 0 Å². The zero-order valence-electron chi connectivity index (χ0n) is 34.5. The Morgan fingerprint density at radius 2 is 0.906 bits per heavy atom. The molecule has 0 saturated heterocycles. The molecule has 3 nitrogen and oxygen atoms in total. The van der Waals surface area contributed by atoms with E-state index in [0.29, 0.717) is 5.82 Å². The molecule has 0 radical (unpaired) electrons. The first kappa shape index (κ1) is 36.5. The Morgan fingerprint density at radius 3 is 1.72 bits per heavy atom. The molecule has 0 bridgehead atoms. The Kier molecular flexibility index (Phi) is 8.40. The van der Waals surface area contributed by atoms with E-state index in [2.05, 4.69) is 188 Å². The van der Waals surface area contributed by atoms with Crippen LogP contribution in [-0.4, -0.2) is 9.97 Å². The molecule has 4 heteroatoms. The molecule has 0 N–H and O–H groups in total. The van der Waals surface area contributed by atoms with Crippen molar-refractivity contribution in [2.75, 3.05) is 0 Å². The molecule has 64 heavy (non-hydrogen) atoms. The number of rotatable bonds is 6. The van der Waals surface area contributed by atoms with Gasteiger partial charge in [0.15, 0.2) is 5.82 Å². The molecule has 13 rings (SSSR count). The smallest absolute Gasteiger partial charge is 0.160 e. The number of hydrogen-bond donors (Lipinski definition) is 0. The summed E-state index contributed by atoms with van der Waals surface area (Å²) in [5, 5.41) is 9.81. The number of fused-ring (bicyclic) bond motifs is 9. The van der Waals surface area contributed by atoms with Crippen LogP contribution in [0.5, 0.6) is 0 Å². The van der Waals surface area contributed by atoms with E-state index in [9.17, 15) is 0 Å². The molecule has 0 unspecified atom stereocenters. The first-order chi connectivity index (χ1) is 31.7. The summed E-state index contributed by atoms with van der Waals surface area (Å²) < 4.78 is 9.08. The van der Waals surface area contributed by atoms with Crippen molar-refractivity contribution in [3.63, 3.8) is 0 Å². The summed E-state index contributed by atoms with van der Waals surface area (Å²) in [4.78, 5) is 10.5. The minimum atomic E-state index is 0.680. The Hall–Kier alpha value is -8.18. The molecule has 10 aromatic carbocycles. The monoisotopic (exact) mass is 832 g/mol. The van der Waals surface area contributed by atoms with Crippen LogP contribution in [0, 0.1) is 0 Å². The van der Waals surface area contributed by atoms with E-state index in [0.717, 1.165) is 66.7 Å². The second kappa shape index (κ2) is 14.7. The molecule has 3 heterocycles. The van der Waals surface area contributed by atoms with Gasteiger partial charge in [-0.05, 0) is 80.2 Å². The van der Waals surface area contributed by atoms with Crippen molar-refractivity contribution in [1.29, 1.82) is 0 Å². The number of thiophene rings is 1. The summed E-state index contributed by atoms with van der Waals surface area (Å²) in [5.74, 6) is 0.680. The molecular formula is C60H36N2OS. The van der Waals surface area contributed by atoms with E-state index in [1.54, 1.807) is 0 Å². The lowest BCUT2D eigenvalue weighted by atomic mass is 9.90. The number of para-hydroxylation sites is 2. The maximum absolute atomic E-state index is 6.47. The van der Waals surface area contributed by atoms with Crippen LogP contribution in [0.3, 0.4) is 0 Å². The van der Waals surface area contributed by atoms with Crippen molar-refractivity contribution in [2.45, 2.75) is 0 Å². The van der Waals surface area contributed by atoms with Crippen molar-refractivity contribution in [2.24, 2.45) is 0 Å². The molecule has 298 valence electrons. The third kappa shape index (κ3) is 5.95. The lowest BCUT2D eigenvalue weighted by molar-refractivity contribution is 0.670. The number of furan rings is 1. The molecule has 0 spiro atoms. The van der Waals surface area contributed by atoms with E-state index >= 15 is 0 Å². The highest BCUT2D eigenvalue weighted by Gasteiger charge is 2.20. The highest BCUT2D eigenvalue weighted by atomic mass is 32.1. The standard InChI is InChI=1S/C60H36N2OS/c1-2-16-38(17-3-1)60-61-53(36-54(62-60)42-22-11-20-40(34-42)45-27-14-30-49-47-24-6-8-31-55(47)63-58(45)49)41-21-10-19-39(33-41)44-26-13-29-48-51(44)35-52(46-28-12-18-37-15-4-5-23-43(37)46)59-57(48)50-25-7-9-32-56(50)64-59/h1-36H. The van der Waals surface area contributed by atoms with Crippen molar-refractivity contribution in [3.8, 4) is 67.3 Å². The van der Waals surface area contributed by atoms with Gasteiger partial charge in [0.2, 0.25) is 0 Å². The van der Waals surface area contributed by atoms with Crippen molar-refractivity contribution in [1.82, 2.24) is 9.97 Å². The lowest BCUT2D eigenvalue weighted by Crippen LogP contribution is -1.96. The quantitative estimate of drug-likeness (QED) is 0.168. The Bertz CT molecular complexity index is 3970. The van der Waals surface area contributed by atoms with Gasteiger partial charge in [-0.3, -0.25) is 0 Å². The summed E-state index contributed by atoms with van der Waals surface area (Å²) in [7, 11) is 0. The third-order valence-electron chi connectivity index (χ3n) is 12.7. The molecule has 0 amide bonds. The average Bonchev–Trinajstić information content (AvgIpc) is 3.96. The molecule has 0 aliphatic heterocycles. The Labute approximate surface area is 373 Å². The average molecular weight is 833 g/mol. The van der Waals surface area contributed by atoms with Crippen LogP contribution in [0.25, 0.3) is 131 Å². The van der Waals surface area contributed by atoms with Crippen LogP contribution in [0.15, 0.2) is 223 Å². The van der Waals surface area contributed by atoms with Crippen LogP contribution >= 0.6 is 11.3 Å². The molecular weight excluding hydrogens is 797 g/mol. The van der Waals surface area contributed by atoms with Gasteiger partial charge in [0, 0.05) is 58.8 Å². The van der Waals surface area contributed by atoms with E-state index < -0.39 is 0 Å². The molecule has 3 aromatic heterocycles. The normalized spacial score (nSPS) is 11.8. The largest absolute Gasteiger partial charge is 0.455 e. The minimum absolute atomic E-state index is 0.680. The SMILES string of the molecule is c1ccc(-c2nc(-c3cccc(-c4cccc5c4cc(-c4cccc6ccccc46)c4sc6ccccc6c45)c3)cc(-c3cccc(-c4cccc5c4oc4ccccc45)c3)n2)cc1.